The SMILES string of the molecule is Cc1cc(NC(=S)NCC2(c3ccccc3)CCCC2)ncc1Cl. The van der Waals surface area contributed by atoms with Gasteiger partial charge in [0.1, 0.15) is 5.82 Å². The lowest BCUT2D eigenvalue weighted by Gasteiger charge is -2.30. The van der Waals surface area contributed by atoms with Gasteiger partial charge in [-0.25, -0.2) is 4.98 Å². The van der Waals surface area contributed by atoms with Crippen LogP contribution in [-0.2, 0) is 5.41 Å². The summed E-state index contributed by atoms with van der Waals surface area (Å²) < 4.78 is 0. The van der Waals surface area contributed by atoms with Crippen molar-refractivity contribution in [1.82, 2.24) is 10.3 Å². The number of nitrogens with zero attached hydrogens (tertiary/aromatic N) is 1. The van der Waals surface area contributed by atoms with Gasteiger partial charge in [0.25, 0.3) is 0 Å². The first kappa shape index (κ1) is 17.2. The number of anilines is 1. The van der Waals surface area contributed by atoms with Crippen LogP contribution in [-0.4, -0.2) is 16.6 Å². The second-order valence-corrected chi connectivity index (χ2v) is 7.30. The molecule has 3 nitrogen and oxygen atoms in total. The Hall–Kier alpha value is -1.65. The van der Waals surface area contributed by atoms with Gasteiger partial charge in [0.2, 0.25) is 0 Å². The summed E-state index contributed by atoms with van der Waals surface area (Å²) in [6, 6.07) is 12.7. The highest BCUT2D eigenvalue weighted by atomic mass is 35.5. The lowest BCUT2D eigenvalue weighted by atomic mass is 9.79. The molecule has 0 unspecified atom stereocenters. The minimum absolute atomic E-state index is 0.177. The minimum Gasteiger partial charge on any atom is -0.362 e. The van der Waals surface area contributed by atoms with Crippen molar-refractivity contribution in [3.8, 4) is 0 Å². The third-order valence-corrected chi connectivity index (χ3v) is 5.46. The maximum atomic E-state index is 6.01. The fraction of sp³-hybridized carbons (Fsp3) is 0.368. The number of hydrogen-bond donors (Lipinski definition) is 2. The van der Waals surface area contributed by atoms with E-state index in [2.05, 4.69) is 45.9 Å². The van der Waals surface area contributed by atoms with Crippen molar-refractivity contribution in [3.63, 3.8) is 0 Å². The number of halogens is 1. The Bertz CT molecular complexity index is 712. The lowest BCUT2D eigenvalue weighted by Crippen LogP contribution is -2.40. The topological polar surface area (TPSA) is 37.0 Å². The monoisotopic (exact) mass is 359 g/mol. The van der Waals surface area contributed by atoms with Crippen LogP contribution in [0, 0.1) is 6.92 Å². The van der Waals surface area contributed by atoms with Crippen LogP contribution in [0.1, 0.15) is 36.8 Å². The summed E-state index contributed by atoms with van der Waals surface area (Å²) in [5.41, 5.74) is 2.56. The fourth-order valence-electron chi connectivity index (χ4n) is 3.43. The Labute approximate surface area is 153 Å². The van der Waals surface area contributed by atoms with Crippen molar-refractivity contribution < 1.29 is 0 Å². The largest absolute Gasteiger partial charge is 0.362 e. The van der Waals surface area contributed by atoms with Crippen LogP contribution in [0.25, 0.3) is 0 Å². The van der Waals surface area contributed by atoms with E-state index in [-0.39, 0.29) is 5.41 Å². The normalized spacial score (nSPS) is 15.9. The Morgan fingerprint density at radius 3 is 2.62 bits per heavy atom. The van der Waals surface area contributed by atoms with Crippen LogP contribution in [0.15, 0.2) is 42.6 Å². The van der Waals surface area contributed by atoms with Crippen LogP contribution in [0.2, 0.25) is 5.02 Å². The smallest absolute Gasteiger partial charge is 0.171 e. The molecule has 1 saturated carbocycles. The molecule has 24 heavy (non-hydrogen) atoms. The summed E-state index contributed by atoms with van der Waals surface area (Å²) in [6.45, 7) is 2.80. The predicted molar refractivity (Wildman–Crippen MR) is 105 cm³/mol. The Balaban J connectivity index is 1.64. The molecule has 2 aromatic rings. The first-order valence-corrected chi connectivity index (χ1v) is 9.10. The second-order valence-electron chi connectivity index (χ2n) is 6.48. The molecule has 0 atom stereocenters. The Morgan fingerprint density at radius 1 is 1.25 bits per heavy atom. The molecule has 2 N–H and O–H groups in total. The van der Waals surface area contributed by atoms with E-state index < -0.39 is 0 Å². The van der Waals surface area contributed by atoms with Crippen molar-refractivity contribution >= 4 is 34.7 Å². The summed E-state index contributed by atoms with van der Waals surface area (Å²) in [6.07, 6.45) is 6.59. The maximum Gasteiger partial charge on any atom is 0.171 e. The van der Waals surface area contributed by atoms with Crippen molar-refractivity contribution in [2.24, 2.45) is 0 Å². The average Bonchev–Trinajstić information content (AvgIpc) is 3.07. The molecular weight excluding hydrogens is 338 g/mol. The minimum atomic E-state index is 0.177. The molecule has 0 saturated heterocycles. The van der Waals surface area contributed by atoms with Gasteiger partial charge in [0.05, 0.1) is 5.02 Å². The van der Waals surface area contributed by atoms with Crippen molar-refractivity contribution in [2.75, 3.05) is 11.9 Å². The van der Waals surface area contributed by atoms with Gasteiger partial charge in [-0.2, -0.15) is 0 Å². The summed E-state index contributed by atoms with van der Waals surface area (Å²) >= 11 is 11.5. The molecule has 0 radical (unpaired) electrons. The van der Waals surface area contributed by atoms with E-state index in [1.807, 2.05) is 13.0 Å². The van der Waals surface area contributed by atoms with E-state index in [4.69, 9.17) is 23.8 Å². The third-order valence-electron chi connectivity index (χ3n) is 4.82. The highest BCUT2D eigenvalue weighted by Gasteiger charge is 2.35. The number of aryl methyl sites for hydroxylation is 1. The molecule has 1 aliphatic carbocycles. The fourth-order valence-corrected chi connectivity index (χ4v) is 3.71. The number of aromatic nitrogens is 1. The van der Waals surface area contributed by atoms with Crippen LogP contribution in [0.4, 0.5) is 5.82 Å². The lowest BCUT2D eigenvalue weighted by molar-refractivity contribution is 0.435. The van der Waals surface area contributed by atoms with Crippen LogP contribution >= 0.6 is 23.8 Å². The molecule has 3 rings (SSSR count). The first-order valence-electron chi connectivity index (χ1n) is 8.32. The summed E-state index contributed by atoms with van der Waals surface area (Å²) in [5, 5.41) is 7.81. The Morgan fingerprint density at radius 2 is 1.96 bits per heavy atom. The van der Waals surface area contributed by atoms with Gasteiger partial charge in [-0.3, -0.25) is 0 Å². The second kappa shape index (κ2) is 7.49. The standard InChI is InChI=1S/C19H22ClN3S/c1-14-11-17(21-12-16(14)20)23-18(24)22-13-19(9-5-6-10-19)15-7-3-2-4-8-15/h2-4,7-8,11-12H,5-6,9-10,13H2,1H3,(H2,21,22,23,24). The van der Waals surface area contributed by atoms with Crippen LogP contribution in [0.5, 0.6) is 0 Å². The van der Waals surface area contributed by atoms with Gasteiger partial charge < -0.3 is 10.6 Å². The van der Waals surface area contributed by atoms with Gasteiger partial charge in [0, 0.05) is 18.2 Å². The molecular formula is C19H22ClN3S. The van der Waals surface area contributed by atoms with Crippen molar-refractivity contribution in [1.29, 1.82) is 0 Å². The van der Waals surface area contributed by atoms with Gasteiger partial charge in [-0.15, -0.1) is 0 Å². The molecule has 1 heterocycles. The summed E-state index contributed by atoms with van der Waals surface area (Å²) in [5.74, 6) is 0.717. The van der Waals surface area contributed by atoms with E-state index >= 15 is 0 Å². The zero-order chi connectivity index (χ0) is 17.0. The number of thiocarbonyl (C=S) groups is 1. The maximum absolute atomic E-state index is 6.01. The molecule has 1 fully saturated rings. The zero-order valence-corrected chi connectivity index (χ0v) is 15.4. The van der Waals surface area contributed by atoms with E-state index in [0.717, 1.165) is 17.9 Å². The van der Waals surface area contributed by atoms with E-state index in [1.54, 1.807) is 6.20 Å². The molecule has 126 valence electrons. The summed E-state index contributed by atoms with van der Waals surface area (Å²) in [4.78, 5) is 4.26. The summed E-state index contributed by atoms with van der Waals surface area (Å²) in [7, 11) is 0. The number of hydrogen-bond acceptors (Lipinski definition) is 2. The molecule has 0 aliphatic heterocycles. The Kier molecular flexibility index (Phi) is 5.36. The van der Waals surface area contributed by atoms with Gasteiger partial charge in [0.15, 0.2) is 5.11 Å². The number of rotatable bonds is 4. The van der Waals surface area contributed by atoms with Crippen molar-refractivity contribution in [2.45, 2.75) is 38.0 Å². The highest BCUT2D eigenvalue weighted by Crippen LogP contribution is 2.40. The average molecular weight is 360 g/mol. The van der Waals surface area contributed by atoms with Gasteiger partial charge in [-0.05, 0) is 49.2 Å². The van der Waals surface area contributed by atoms with Gasteiger partial charge >= 0.3 is 0 Å². The van der Waals surface area contributed by atoms with E-state index in [0.29, 0.717) is 10.1 Å². The first-order chi connectivity index (χ1) is 11.6. The quantitative estimate of drug-likeness (QED) is 0.766. The molecule has 1 aromatic carbocycles. The number of benzene rings is 1. The number of pyridine rings is 1. The third kappa shape index (κ3) is 3.87. The molecule has 1 aromatic heterocycles. The van der Waals surface area contributed by atoms with E-state index in [1.165, 1.54) is 31.2 Å². The predicted octanol–water partition coefficient (Wildman–Crippen LogP) is 4.84. The van der Waals surface area contributed by atoms with Crippen LogP contribution in [0.3, 0.4) is 0 Å². The zero-order valence-electron chi connectivity index (χ0n) is 13.8. The molecule has 5 heteroatoms. The van der Waals surface area contributed by atoms with Crippen molar-refractivity contribution in [3.05, 3.63) is 58.7 Å². The van der Waals surface area contributed by atoms with Crippen LogP contribution < -0.4 is 10.6 Å². The number of nitrogens with one attached hydrogen (secondary N) is 2. The molecule has 0 bridgehead atoms. The molecule has 1 aliphatic rings. The molecule has 0 amide bonds. The molecule has 0 spiro atoms. The highest BCUT2D eigenvalue weighted by molar-refractivity contribution is 7.80. The van der Waals surface area contributed by atoms with E-state index in [9.17, 15) is 0 Å². The van der Waals surface area contributed by atoms with Gasteiger partial charge in [-0.1, -0.05) is 54.8 Å².